The van der Waals surface area contributed by atoms with Crippen molar-refractivity contribution in [2.24, 2.45) is 0 Å². The lowest BCUT2D eigenvalue weighted by Crippen LogP contribution is -2.29. The fourth-order valence-electron chi connectivity index (χ4n) is 2.44. The van der Waals surface area contributed by atoms with Gasteiger partial charge < -0.3 is 10.5 Å². The van der Waals surface area contributed by atoms with E-state index in [1.807, 2.05) is 25.1 Å². The summed E-state index contributed by atoms with van der Waals surface area (Å²) in [6.45, 7) is 6.21. The Kier molecular flexibility index (Phi) is 4.88. The summed E-state index contributed by atoms with van der Waals surface area (Å²) in [4.78, 5) is 2.50. The van der Waals surface area contributed by atoms with Gasteiger partial charge in [-0.2, -0.15) is 0 Å². The lowest BCUT2D eigenvalue weighted by molar-refractivity contribution is 0.214. The summed E-state index contributed by atoms with van der Waals surface area (Å²) in [5, 5.41) is 0. The van der Waals surface area contributed by atoms with Gasteiger partial charge in [-0.15, -0.1) is 0 Å². The SMILES string of the molecule is Cc1ccc(OCCN2CCCCCC2)c(N)c1. The molecule has 1 aromatic rings. The Morgan fingerprint density at radius 1 is 1.17 bits per heavy atom. The molecule has 1 aliphatic rings. The lowest BCUT2D eigenvalue weighted by Gasteiger charge is -2.20. The first-order valence-electron chi connectivity index (χ1n) is 6.97. The molecule has 0 aliphatic carbocycles. The first-order chi connectivity index (χ1) is 8.75. The van der Waals surface area contributed by atoms with E-state index in [0.29, 0.717) is 0 Å². The summed E-state index contributed by atoms with van der Waals surface area (Å²) in [5.41, 5.74) is 7.84. The highest BCUT2D eigenvalue weighted by Crippen LogP contribution is 2.22. The molecule has 0 radical (unpaired) electrons. The van der Waals surface area contributed by atoms with Gasteiger partial charge in [-0.3, -0.25) is 4.90 Å². The molecule has 0 saturated carbocycles. The molecule has 0 spiro atoms. The molecule has 2 rings (SSSR count). The first kappa shape index (κ1) is 13.2. The van der Waals surface area contributed by atoms with Gasteiger partial charge in [0.2, 0.25) is 0 Å². The van der Waals surface area contributed by atoms with Crippen molar-refractivity contribution in [3.05, 3.63) is 23.8 Å². The van der Waals surface area contributed by atoms with Crippen LogP contribution in [0, 0.1) is 6.92 Å². The monoisotopic (exact) mass is 248 g/mol. The molecule has 0 unspecified atom stereocenters. The number of rotatable bonds is 4. The molecule has 0 atom stereocenters. The van der Waals surface area contributed by atoms with E-state index in [-0.39, 0.29) is 0 Å². The molecule has 1 aliphatic heterocycles. The van der Waals surface area contributed by atoms with Gasteiger partial charge in [0.05, 0.1) is 5.69 Å². The largest absolute Gasteiger partial charge is 0.490 e. The number of nitrogen functional groups attached to an aromatic ring is 1. The van der Waals surface area contributed by atoms with Gasteiger partial charge in [-0.05, 0) is 50.6 Å². The van der Waals surface area contributed by atoms with Crippen LogP contribution in [0.4, 0.5) is 5.69 Å². The van der Waals surface area contributed by atoms with E-state index in [9.17, 15) is 0 Å². The zero-order valence-corrected chi connectivity index (χ0v) is 11.3. The molecule has 1 fully saturated rings. The summed E-state index contributed by atoms with van der Waals surface area (Å²) in [7, 11) is 0. The Hall–Kier alpha value is -1.22. The number of ether oxygens (including phenoxy) is 1. The van der Waals surface area contributed by atoms with Crippen molar-refractivity contribution in [3.63, 3.8) is 0 Å². The van der Waals surface area contributed by atoms with Crippen molar-refractivity contribution in [1.82, 2.24) is 4.90 Å². The van der Waals surface area contributed by atoms with Crippen LogP contribution in [0.25, 0.3) is 0 Å². The molecule has 3 nitrogen and oxygen atoms in total. The maximum Gasteiger partial charge on any atom is 0.142 e. The first-order valence-corrected chi connectivity index (χ1v) is 6.97. The second kappa shape index (κ2) is 6.64. The fraction of sp³-hybridized carbons (Fsp3) is 0.600. The quantitative estimate of drug-likeness (QED) is 0.833. The average molecular weight is 248 g/mol. The Labute approximate surface area is 110 Å². The molecular weight excluding hydrogens is 224 g/mol. The van der Waals surface area contributed by atoms with Crippen molar-refractivity contribution in [2.75, 3.05) is 32.0 Å². The maximum atomic E-state index is 5.93. The Bertz CT molecular complexity index is 371. The molecular formula is C15H24N2O. The molecule has 0 amide bonds. The molecule has 0 aromatic heterocycles. The van der Waals surface area contributed by atoms with Gasteiger partial charge in [-0.25, -0.2) is 0 Å². The molecule has 3 heteroatoms. The molecule has 1 aromatic carbocycles. The third-order valence-electron chi connectivity index (χ3n) is 3.53. The Morgan fingerprint density at radius 2 is 1.89 bits per heavy atom. The summed E-state index contributed by atoms with van der Waals surface area (Å²) in [6, 6.07) is 5.96. The second-order valence-electron chi connectivity index (χ2n) is 5.15. The van der Waals surface area contributed by atoms with Crippen LogP contribution in [0.2, 0.25) is 0 Å². The van der Waals surface area contributed by atoms with Crippen molar-refractivity contribution < 1.29 is 4.74 Å². The van der Waals surface area contributed by atoms with Crippen LogP contribution in [0.15, 0.2) is 18.2 Å². The normalized spacial score (nSPS) is 17.4. The molecule has 0 bridgehead atoms. The van der Waals surface area contributed by atoms with Crippen LogP contribution in [0.3, 0.4) is 0 Å². The Balaban J connectivity index is 1.77. The number of nitrogens with zero attached hydrogens (tertiary/aromatic N) is 1. The van der Waals surface area contributed by atoms with Gasteiger partial charge in [0.1, 0.15) is 12.4 Å². The van der Waals surface area contributed by atoms with E-state index in [0.717, 1.165) is 24.6 Å². The average Bonchev–Trinajstić information content (AvgIpc) is 2.60. The molecule has 1 saturated heterocycles. The van der Waals surface area contributed by atoms with Crippen LogP contribution in [-0.2, 0) is 0 Å². The number of anilines is 1. The highest BCUT2D eigenvalue weighted by molar-refractivity contribution is 5.53. The fourth-order valence-corrected chi connectivity index (χ4v) is 2.44. The highest BCUT2D eigenvalue weighted by Gasteiger charge is 2.09. The number of aryl methyl sites for hydroxylation is 1. The number of likely N-dealkylation sites (tertiary alicyclic amines) is 1. The third-order valence-corrected chi connectivity index (χ3v) is 3.53. The van der Waals surface area contributed by atoms with Crippen molar-refractivity contribution in [2.45, 2.75) is 32.6 Å². The van der Waals surface area contributed by atoms with Crippen LogP contribution < -0.4 is 10.5 Å². The van der Waals surface area contributed by atoms with Crippen molar-refractivity contribution in [1.29, 1.82) is 0 Å². The molecule has 1 heterocycles. The van der Waals surface area contributed by atoms with Gasteiger partial charge in [0.15, 0.2) is 0 Å². The zero-order valence-electron chi connectivity index (χ0n) is 11.3. The second-order valence-corrected chi connectivity index (χ2v) is 5.15. The lowest BCUT2D eigenvalue weighted by atomic mass is 10.2. The van der Waals surface area contributed by atoms with E-state index >= 15 is 0 Å². The van der Waals surface area contributed by atoms with E-state index in [1.54, 1.807) is 0 Å². The van der Waals surface area contributed by atoms with Gasteiger partial charge >= 0.3 is 0 Å². The molecule has 100 valence electrons. The standard InChI is InChI=1S/C15H24N2O/c1-13-6-7-15(14(16)12-13)18-11-10-17-8-4-2-3-5-9-17/h6-7,12H,2-5,8-11,16H2,1H3. The number of benzene rings is 1. The number of nitrogens with two attached hydrogens (primary N) is 1. The summed E-state index contributed by atoms with van der Waals surface area (Å²) >= 11 is 0. The minimum Gasteiger partial charge on any atom is -0.490 e. The molecule has 18 heavy (non-hydrogen) atoms. The van der Waals surface area contributed by atoms with Crippen molar-refractivity contribution >= 4 is 5.69 Å². The van der Waals surface area contributed by atoms with Crippen LogP contribution >= 0.6 is 0 Å². The third kappa shape index (κ3) is 3.91. The smallest absolute Gasteiger partial charge is 0.142 e. The van der Waals surface area contributed by atoms with Gasteiger partial charge in [0, 0.05) is 6.54 Å². The van der Waals surface area contributed by atoms with E-state index in [1.165, 1.54) is 44.3 Å². The minimum atomic E-state index is 0.729. The maximum absolute atomic E-state index is 5.93. The summed E-state index contributed by atoms with van der Waals surface area (Å²) < 4.78 is 5.77. The van der Waals surface area contributed by atoms with Gasteiger partial charge in [-0.1, -0.05) is 18.9 Å². The number of hydrogen-bond donors (Lipinski definition) is 1. The van der Waals surface area contributed by atoms with E-state index < -0.39 is 0 Å². The number of hydrogen-bond acceptors (Lipinski definition) is 3. The summed E-state index contributed by atoms with van der Waals surface area (Å²) in [6.07, 6.45) is 5.41. The van der Waals surface area contributed by atoms with Crippen LogP contribution in [0.5, 0.6) is 5.75 Å². The van der Waals surface area contributed by atoms with E-state index in [4.69, 9.17) is 10.5 Å². The highest BCUT2D eigenvalue weighted by atomic mass is 16.5. The predicted molar refractivity (Wildman–Crippen MR) is 76.0 cm³/mol. The van der Waals surface area contributed by atoms with E-state index in [2.05, 4.69) is 4.90 Å². The van der Waals surface area contributed by atoms with Crippen molar-refractivity contribution in [3.8, 4) is 5.75 Å². The summed E-state index contributed by atoms with van der Waals surface area (Å²) in [5.74, 6) is 0.815. The Morgan fingerprint density at radius 3 is 2.56 bits per heavy atom. The molecule has 2 N–H and O–H groups in total. The van der Waals surface area contributed by atoms with Crippen LogP contribution in [0.1, 0.15) is 31.2 Å². The predicted octanol–water partition coefficient (Wildman–Crippen LogP) is 2.83. The topological polar surface area (TPSA) is 38.5 Å². The zero-order chi connectivity index (χ0) is 12.8. The van der Waals surface area contributed by atoms with Gasteiger partial charge in [0.25, 0.3) is 0 Å². The minimum absolute atomic E-state index is 0.729. The van der Waals surface area contributed by atoms with Crippen LogP contribution in [-0.4, -0.2) is 31.1 Å².